The predicted molar refractivity (Wildman–Crippen MR) is 55.0 cm³/mol. The number of carboxylic acid groups (broad SMARTS) is 1. The Bertz CT molecular complexity index is 399. The van der Waals surface area contributed by atoms with Crippen LogP contribution in [0.15, 0.2) is 24.3 Å². The molecule has 0 bridgehead atoms. The molecule has 1 aromatic carbocycles. The van der Waals surface area contributed by atoms with Crippen LogP contribution >= 0.6 is 0 Å². The first-order chi connectivity index (χ1) is 7.54. The summed E-state index contributed by atoms with van der Waals surface area (Å²) in [5.41, 5.74) is 0.662. The van der Waals surface area contributed by atoms with E-state index in [-0.39, 0.29) is 5.56 Å². The van der Waals surface area contributed by atoms with E-state index in [0.717, 1.165) is 0 Å². The summed E-state index contributed by atoms with van der Waals surface area (Å²) >= 11 is 0. The number of carboxylic acids is 1. The quantitative estimate of drug-likeness (QED) is 0.745. The fraction of sp³-hybridized carbons (Fsp3) is 0.273. The Hall–Kier alpha value is -1.88. The highest BCUT2D eigenvalue weighted by molar-refractivity contribution is 5.89. The van der Waals surface area contributed by atoms with Gasteiger partial charge in [-0.05, 0) is 17.7 Å². The number of rotatable bonds is 4. The third-order valence-electron chi connectivity index (χ3n) is 2.06. The van der Waals surface area contributed by atoms with Gasteiger partial charge in [0.25, 0.3) is 0 Å². The van der Waals surface area contributed by atoms with Crippen LogP contribution in [-0.4, -0.2) is 29.3 Å². The van der Waals surface area contributed by atoms with Crippen LogP contribution in [0.25, 0.3) is 0 Å². The van der Waals surface area contributed by atoms with Crippen LogP contribution in [0.4, 0.5) is 0 Å². The summed E-state index contributed by atoms with van der Waals surface area (Å²) in [6.07, 6.45) is -1.52. The van der Waals surface area contributed by atoms with Gasteiger partial charge in [-0.2, -0.15) is 0 Å². The van der Waals surface area contributed by atoms with Crippen LogP contribution in [0.2, 0.25) is 0 Å². The van der Waals surface area contributed by atoms with Gasteiger partial charge in [0.2, 0.25) is 0 Å². The van der Waals surface area contributed by atoms with Gasteiger partial charge in [0.15, 0.2) is 0 Å². The number of esters is 1. The van der Waals surface area contributed by atoms with Crippen LogP contribution in [0, 0.1) is 0 Å². The van der Waals surface area contributed by atoms with E-state index in [9.17, 15) is 14.7 Å². The van der Waals surface area contributed by atoms with Crippen molar-refractivity contribution >= 4 is 11.9 Å². The number of aliphatic hydroxyl groups is 1. The lowest BCUT2D eigenvalue weighted by molar-refractivity contribution is -0.139. The molecule has 5 nitrogen and oxygen atoms in total. The van der Waals surface area contributed by atoms with Crippen LogP contribution in [-0.2, 0) is 9.53 Å². The highest BCUT2D eigenvalue weighted by Gasteiger charge is 2.14. The average molecular weight is 224 g/mol. The molecule has 1 rings (SSSR count). The Morgan fingerprint density at radius 3 is 2.69 bits per heavy atom. The van der Waals surface area contributed by atoms with Crippen LogP contribution in [0.1, 0.15) is 28.4 Å². The number of hydrogen-bond acceptors (Lipinski definition) is 4. The van der Waals surface area contributed by atoms with E-state index in [4.69, 9.17) is 5.11 Å². The summed E-state index contributed by atoms with van der Waals surface area (Å²) in [4.78, 5) is 21.6. The second-order valence-corrected chi connectivity index (χ2v) is 3.23. The van der Waals surface area contributed by atoms with Crippen molar-refractivity contribution < 1.29 is 24.5 Å². The van der Waals surface area contributed by atoms with Gasteiger partial charge in [-0.3, -0.25) is 4.79 Å². The maximum atomic E-state index is 11.2. The standard InChI is InChI=1S/C11H12O5/c1-16-11(15)8-4-2-3-7(5-8)9(12)6-10(13)14/h2-5,9,12H,6H2,1H3,(H,13,14). The van der Waals surface area contributed by atoms with Crippen molar-refractivity contribution in [2.24, 2.45) is 0 Å². The van der Waals surface area contributed by atoms with Crippen LogP contribution in [0.3, 0.4) is 0 Å². The molecular formula is C11H12O5. The molecule has 0 fully saturated rings. The average Bonchev–Trinajstić information content (AvgIpc) is 2.27. The zero-order valence-corrected chi connectivity index (χ0v) is 8.71. The summed E-state index contributed by atoms with van der Waals surface area (Å²) in [7, 11) is 1.25. The zero-order chi connectivity index (χ0) is 12.1. The van der Waals surface area contributed by atoms with E-state index in [0.29, 0.717) is 5.56 Å². The monoisotopic (exact) mass is 224 g/mol. The maximum Gasteiger partial charge on any atom is 0.337 e. The van der Waals surface area contributed by atoms with Gasteiger partial charge in [-0.15, -0.1) is 0 Å². The van der Waals surface area contributed by atoms with Gasteiger partial charge < -0.3 is 14.9 Å². The molecule has 0 amide bonds. The Morgan fingerprint density at radius 1 is 1.44 bits per heavy atom. The van der Waals surface area contributed by atoms with E-state index in [1.807, 2.05) is 0 Å². The summed E-state index contributed by atoms with van der Waals surface area (Å²) in [6, 6.07) is 6.06. The highest BCUT2D eigenvalue weighted by atomic mass is 16.5. The lowest BCUT2D eigenvalue weighted by Crippen LogP contribution is -2.07. The Balaban J connectivity index is 2.89. The Kier molecular flexibility index (Phi) is 4.02. The number of aliphatic hydroxyl groups excluding tert-OH is 1. The van der Waals surface area contributed by atoms with Gasteiger partial charge in [-0.25, -0.2) is 4.79 Å². The van der Waals surface area contributed by atoms with E-state index in [1.165, 1.54) is 19.2 Å². The van der Waals surface area contributed by atoms with Gasteiger partial charge >= 0.3 is 11.9 Å². The molecule has 0 aliphatic rings. The first kappa shape index (κ1) is 12.2. The van der Waals surface area contributed by atoms with Crippen molar-refractivity contribution in [3.05, 3.63) is 35.4 Å². The molecule has 0 aliphatic carbocycles. The summed E-state index contributed by atoms with van der Waals surface area (Å²) in [5.74, 6) is -1.62. The Labute approximate surface area is 92.3 Å². The molecule has 2 N–H and O–H groups in total. The first-order valence-corrected chi connectivity index (χ1v) is 4.62. The molecule has 16 heavy (non-hydrogen) atoms. The minimum Gasteiger partial charge on any atom is -0.481 e. The molecule has 0 saturated heterocycles. The molecule has 5 heteroatoms. The second-order valence-electron chi connectivity index (χ2n) is 3.23. The van der Waals surface area contributed by atoms with E-state index >= 15 is 0 Å². The third kappa shape index (κ3) is 3.06. The Morgan fingerprint density at radius 2 is 2.12 bits per heavy atom. The smallest absolute Gasteiger partial charge is 0.337 e. The summed E-state index contributed by atoms with van der Waals surface area (Å²) in [6.45, 7) is 0. The molecule has 0 radical (unpaired) electrons. The minimum atomic E-state index is -1.12. The molecule has 1 atom stereocenters. The van der Waals surface area contributed by atoms with Gasteiger partial charge in [0.05, 0.1) is 25.2 Å². The van der Waals surface area contributed by atoms with Gasteiger partial charge in [0.1, 0.15) is 0 Å². The summed E-state index contributed by atoms with van der Waals surface area (Å²) in [5, 5.41) is 18.1. The van der Waals surface area contributed by atoms with Crippen molar-refractivity contribution in [2.75, 3.05) is 7.11 Å². The van der Waals surface area contributed by atoms with Crippen molar-refractivity contribution in [3.8, 4) is 0 Å². The number of aliphatic carboxylic acids is 1. The van der Waals surface area contributed by atoms with Crippen LogP contribution in [0.5, 0.6) is 0 Å². The van der Waals surface area contributed by atoms with Crippen molar-refractivity contribution in [1.82, 2.24) is 0 Å². The van der Waals surface area contributed by atoms with E-state index in [2.05, 4.69) is 4.74 Å². The molecule has 0 heterocycles. The lowest BCUT2D eigenvalue weighted by atomic mass is 10.0. The number of carbonyl (C=O) groups is 2. The first-order valence-electron chi connectivity index (χ1n) is 4.62. The predicted octanol–water partition coefficient (Wildman–Crippen LogP) is 0.981. The van der Waals surface area contributed by atoms with Crippen molar-refractivity contribution in [3.63, 3.8) is 0 Å². The zero-order valence-electron chi connectivity index (χ0n) is 8.71. The number of benzene rings is 1. The SMILES string of the molecule is COC(=O)c1cccc(C(O)CC(=O)O)c1. The van der Waals surface area contributed by atoms with Gasteiger partial charge in [-0.1, -0.05) is 12.1 Å². The van der Waals surface area contributed by atoms with E-state index < -0.39 is 24.5 Å². The molecule has 0 aliphatic heterocycles. The molecule has 1 unspecified atom stereocenters. The van der Waals surface area contributed by atoms with E-state index in [1.54, 1.807) is 12.1 Å². The normalized spacial score (nSPS) is 11.9. The highest BCUT2D eigenvalue weighted by Crippen LogP contribution is 2.18. The number of carbonyl (C=O) groups excluding carboxylic acids is 1. The molecule has 0 spiro atoms. The minimum absolute atomic E-state index is 0.282. The second kappa shape index (κ2) is 5.27. The third-order valence-corrected chi connectivity index (χ3v) is 2.06. The fourth-order valence-corrected chi connectivity index (χ4v) is 1.27. The molecule has 86 valence electrons. The molecule has 0 aromatic heterocycles. The molecular weight excluding hydrogens is 212 g/mol. The molecule has 1 aromatic rings. The maximum absolute atomic E-state index is 11.2. The topological polar surface area (TPSA) is 83.8 Å². The fourth-order valence-electron chi connectivity index (χ4n) is 1.27. The lowest BCUT2D eigenvalue weighted by Gasteiger charge is -2.09. The molecule has 0 saturated carbocycles. The largest absolute Gasteiger partial charge is 0.481 e. The van der Waals surface area contributed by atoms with Gasteiger partial charge in [0, 0.05) is 0 Å². The van der Waals surface area contributed by atoms with Crippen LogP contribution < -0.4 is 0 Å². The van der Waals surface area contributed by atoms with Crippen molar-refractivity contribution in [1.29, 1.82) is 0 Å². The number of methoxy groups -OCH3 is 1. The summed E-state index contributed by atoms with van der Waals surface area (Å²) < 4.78 is 4.52. The number of hydrogen-bond donors (Lipinski definition) is 2. The van der Waals surface area contributed by atoms with Crippen molar-refractivity contribution in [2.45, 2.75) is 12.5 Å². The number of ether oxygens (including phenoxy) is 1.